The zero-order valence-corrected chi connectivity index (χ0v) is 13.6. The first-order valence-electron chi connectivity index (χ1n) is 7.01. The summed E-state index contributed by atoms with van der Waals surface area (Å²) in [6.07, 6.45) is 2.45. The van der Waals surface area contributed by atoms with Crippen LogP contribution in [0.5, 0.6) is 0 Å². The molecule has 0 N–H and O–H groups in total. The molecule has 1 aromatic rings. The first-order chi connectivity index (χ1) is 10.3. The van der Waals surface area contributed by atoms with E-state index in [1.54, 1.807) is 9.80 Å². The van der Waals surface area contributed by atoms with Gasteiger partial charge in [0.05, 0.1) is 5.56 Å². The average molecular weight is 327 g/mol. The third-order valence-electron chi connectivity index (χ3n) is 3.09. The summed E-state index contributed by atoms with van der Waals surface area (Å²) in [5.41, 5.74) is -0.139. The topological polar surface area (TPSA) is 75.6 Å². The maximum Gasteiger partial charge on any atom is 0.410 e. The van der Waals surface area contributed by atoms with Crippen LogP contribution in [-0.2, 0) is 4.74 Å². The molecule has 0 spiro atoms. The number of ether oxygens (including phenoxy) is 1. The molecule has 0 saturated carbocycles. The lowest BCUT2D eigenvalue weighted by atomic mass is 10.2. The van der Waals surface area contributed by atoms with E-state index in [9.17, 15) is 9.59 Å². The van der Waals surface area contributed by atoms with E-state index in [0.717, 1.165) is 0 Å². The SMILES string of the molecule is CC(C)(C)OC(=O)N1CCN(C(=O)c2cnc(Cl)nc2)CC1. The van der Waals surface area contributed by atoms with Gasteiger partial charge in [-0.3, -0.25) is 4.79 Å². The minimum Gasteiger partial charge on any atom is -0.444 e. The van der Waals surface area contributed by atoms with Crippen LogP contribution in [0.4, 0.5) is 4.79 Å². The Bertz CT molecular complexity index is 548. The summed E-state index contributed by atoms with van der Waals surface area (Å²) in [6.45, 7) is 7.24. The highest BCUT2D eigenvalue weighted by molar-refractivity contribution is 6.28. The van der Waals surface area contributed by atoms with Crippen LogP contribution < -0.4 is 0 Å². The van der Waals surface area contributed by atoms with Crippen LogP contribution in [0, 0.1) is 0 Å². The van der Waals surface area contributed by atoms with Crippen LogP contribution in [0.15, 0.2) is 12.4 Å². The highest BCUT2D eigenvalue weighted by Gasteiger charge is 2.28. The summed E-state index contributed by atoms with van der Waals surface area (Å²) in [6, 6.07) is 0. The molecular weight excluding hydrogens is 308 g/mol. The molecule has 1 aliphatic heterocycles. The summed E-state index contributed by atoms with van der Waals surface area (Å²) < 4.78 is 5.32. The van der Waals surface area contributed by atoms with Crippen LogP contribution in [0.3, 0.4) is 0 Å². The number of hydrogen-bond acceptors (Lipinski definition) is 5. The molecule has 0 bridgehead atoms. The molecular formula is C14H19ClN4O3. The highest BCUT2D eigenvalue weighted by atomic mass is 35.5. The molecule has 1 saturated heterocycles. The molecule has 0 radical (unpaired) electrons. The van der Waals surface area contributed by atoms with Gasteiger partial charge in [-0.1, -0.05) is 0 Å². The quantitative estimate of drug-likeness (QED) is 0.736. The molecule has 1 fully saturated rings. The van der Waals surface area contributed by atoms with Crippen molar-refractivity contribution in [2.24, 2.45) is 0 Å². The molecule has 1 aliphatic rings. The van der Waals surface area contributed by atoms with Gasteiger partial charge in [0.1, 0.15) is 5.60 Å². The van der Waals surface area contributed by atoms with Gasteiger partial charge in [0, 0.05) is 38.6 Å². The second-order valence-electron chi connectivity index (χ2n) is 6.00. The minimum absolute atomic E-state index is 0.103. The Hall–Kier alpha value is -1.89. The molecule has 2 rings (SSSR count). The first kappa shape index (κ1) is 16.5. The molecule has 0 aliphatic carbocycles. The maximum atomic E-state index is 12.3. The number of nitrogens with zero attached hydrogens (tertiary/aromatic N) is 4. The molecule has 22 heavy (non-hydrogen) atoms. The molecule has 2 amide bonds. The van der Waals surface area contributed by atoms with Crippen LogP contribution in [0.2, 0.25) is 5.28 Å². The number of amides is 2. The molecule has 120 valence electrons. The number of aromatic nitrogens is 2. The molecule has 0 aromatic carbocycles. The van der Waals surface area contributed by atoms with E-state index in [-0.39, 0.29) is 17.3 Å². The van der Waals surface area contributed by atoms with Crippen molar-refractivity contribution < 1.29 is 14.3 Å². The number of carbonyl (C=O) groups excluding carboxylic acids is 2. The van der Waals surface area contributed by atoms with Gasteiger partial charge in [0.25, 0.3) is 5.91 Å². The average Bonchev–Trinajstić information content (AvgIpc) is 2.46. The van der Waals surface area contributed by atoms with E-state index in [1.807, 2.05) is 20.8 Å². The summed E-state index contributed by atoms with van der Waals surface area (Å²) in [7, 11) is 0. The van der Waals surface area contributed by atoms with E-state index in [2.05, 4.69) is 9.97 Å². The lowest BCUT2D eigenvalue weighted by Crippen LogP contribution is -2.51. The van der Waals surface area contributed by atoms with Crippen molar-refractivity contribution in [1.82, 2.24) is 19.8 Å². The van der Waals surface area contributed by atoms with E-state index in [0.29, 0.717) is 31.7 Å². The Morgan fingerprint density at radius 1 is 1.09 bits per heavy atom. The zero-order chi connectivity index (χ0) is 16.3. The lowest BCUT2D eigenvalue weighted by Gasteiger charge is -2.35. The second kappa shape index (κ2) is 6.48. The number of hydrogen-bond donors (Lipinski definition) is 0. The number of halogens is 1. The molecule has 0 atom stereocenters. The molecule has 1 aromatic heterocycles. The first-order valence-corrected chi connectivity index (χ1v) is 7.39. The van der Waals surface area contributed by atoms with E-state index >= 15 is 0 Å². The predicted octanol–water partition coefficient (Wildman–Crippen LogP) is 1.82. The van der Waals surface area contributed by atoms with Gasteiger partial charge in [0.15, 0.2) is 0 Å². The van der Waals surface area contributed by atoms with Crippen molar-refractivity contribution in [3.63, 3.8) is 0 Å². The largest absolute Gasteiger partial charge is 0.444 e. The summed E-state index contributed by atoms with van der Waals surface area (Å²) >= 11 is 5.60. The monoisotopic (exact) mass is 326 g/mol. The van der Waals surface area contributed by atoms with Crippen LogP contribution in [-0.4, -0.2) is 63.5 Å². The molecule has 2 heterocycles. The van der Waals surface area contributed by atoms with Gasteiger partial charge >= 0.3 is 6.09 Å². The lowest BCUT2D eigenvalue weighted by molar-refractivity contribution is 0.0140. The summed E-state index contributed by atoms with van der Waals surface area (Å²) in [5, 5.41) is 0.103. The fourth-order valence-corrected chi connectivity index (χ4v) is 2.12. The van der Waals surface area contributed by atoms with Gasteiger partial charge in [-0.15, -0.1) is 0 Å². The Kier molecular flexibility index (Phi) is 4.85. The van der Waals surface area contributed by atoms with Gasteiger partial charge in [-0.25, -0.2) is 14.8 Å². The van der Waals surface area contributed by atoms with Gasteiger partial charge < -0.3 is 14.5 Å². The Balaban J connectivity index is 1.90. The van der Waals surface area contributed by atoms with Crippen molar-refractivity contribution in [3.05, 3.63) is 23.2 Å². The smallest absolute Gasteiger partial charge is 0.410 e. The minimum atomic E-state index is -0.523. The van der Waals surface area contributed by atoms with Crippen molar-refractivity contribution in [3.8, 4) is 0 Å². The van der Waals surface area contributed by atoms with Crippen molar-refractivity contribution in [1.29, 1.82) is 0 Å². The van der Waals surface area contributed by atoms with Gasteiger partial charge in [-0.05, 0) is 32.4 Å². The van der Waals surface area contributed by atoms with Crippen LogP contribution in [0.1, 0.15) is 31.1 Å². The van der Waals surface area contributed by atoms with Gasteiger partial charge in [-0.2, -0.15) is 0 Å². The number of carbonyl (C=O) groups is 2. The predicted molar refractivity (Wildman–Crippen MR) is 80.8 cm³/mol. The van der Waals surface area contributed by atoms with Crippen LogP contribution in [0.25, 0.3) is 0 Å². The Morgan fingerprint density at radius 3 is 2.09 bits per heavy atom. The van der Waals surface area contributed by atoms with E-state index < -0.39 is 5.60 Å². The van der Waals surface area contributed by atoms with E-state index in [1.165, 1.54) is 12.4 Å². The fourth-order valence-electron chi connectivity index (χ4n) is 2.02. The van der Waals surface area contributed by atoms with E-state index in [4.69, 9.17) is 16.3 Å². The van der Waals surface area contributed by atoms with Crippen LogP contribution >= 0.6 is 11.6 Å². The zero-order valence-electron chi connectivity index (χ0n) is 12.9. The normalized spacial score (nSPS) is 15.6. The third kappa shape index (κ3) is 4.30. The molecule has 8 heteroatoms. The highest BCUT2D eigenvalue weighted by Crippen LogP contribution is 2.13. The summed E-state index contributed by atoms with van der Waals surface area (Å²) in [5.74, 6) is -0.166. The maximum absolute atomic E-state index is 12.3. The third-order valence-corrected chi connectivity index (χ3v) is 3.28. The van der Waals surface area contributed by atoms with Gasteiger partial charge in [0.2, 0.25) is 5.28 Å². The fraction of sp³-hybridized carbons (Fsp3) is 0.571. The van der Waals surface area contributed by atoms with Crippen molar-refractivity contribution >= 4 is 23.6 Å². The second-order valence-corrected chi connectivity index (χ2v) is 6.34. The van der Waals surface area contributed by atoms with Crippen molar-refractivity contribution in [2.75, 3.05) is 26.2 Å². The molecule has 0 unspecified atom stereocenters. The number of piperazine rings is 1. The molecule has 7 nitrogen and oxygen atoms in total. The Morgan fingerprint density at radius 2 is 1.59 bits per heavy atom. The number of rotatable bonds is 1. The van der Waals surface area contributed by atoms with Crippen molar-refractivity contribution in [2.45, 2.75) is 26.4 Å². The summed E-state index contributed by atoms with van der Waals surface area (Å²) in [4.78, 5) is 35.1. The standard InChI is InChI=1S/C14H19ClN4O3/c1-14(2,3)22-13(21)19-6-4-18(5-7-19)11(20)10-8-16-12(15)17-9-10/h8-9H,4-7H2,1-3H3. The Labute approximate surface area is 134 Å².